The largest absolute Gasteiger partial charge is 0.469 e. The summed E-state index contributed by atoms with van der Waals surface area (Å²) in [6.07, 6.45) is 9.22. The summed E-state index contributed by atoms with van der Waals surface area (Å²) in [4.78, 5) is 27.6. The SMILES string of the molecule is O=C(CCCCCCCCCCCOP(=O)(O)O)NO. The highest BCUT2D eigenvalue weighted by Crippen LogP contribution is 2.35. The second kappa shape index (κ2) is 12.3. The first-order valence-electron chi connectivity index (χ1n) is 7.09. The quantitative estimate of drug-likeness (QED) is 0.180. The molecule has 8 heteroatoms. The van der Waals surface area contributed by atoms with E-state index in [1.165, 1.54) is 0 Å². The summed E-state index contributed by atoms with van der Waals surface area (Å²) >= 11 is 0. The third-order valence-electron chi connectivity index (χ3n) is 2.93. The summed E-state index contributed by atoms with van der Waals surface area (Å²) in [5.74, 6) is -0.331. The normalized spacial score (nSPS) is 11.6. The Morgan fingerprint density at radius 2 is 1.35 bits per heavy atom. The number of carbonyl (C=O) groups excluding carboxylic acids is 1. The molecule has 0 spiro atoms. The van der Waals surface area contributed by atoms with Gasteiger partial charge >= 0.3 is 7.82 Å². The second-order valence-electron chi connectivity index (χ2n) is 4.79. The molecule has 0 saturated heterocycles. The van der Waals surface area contributed by atoms with Crippen molar-refractivity contribution in [2.24, 2.45) is 0 Å². The van der Waals surface area contributed by atoms with Crippen LogP contribution < -0.4 is 5.48 Å². The zero-order valence-electron chi connectivity index (χ0n) is 11.8. The summed E-state index contributed by atoms with van der Waals surface area (Å²) in [7, 11) is -4.30. The zero-order chi connectivity index (χ0) is 15.3. The van der Waals surface area contributed by atoms with Crippen molar-refractivity contribution in [3.63, 3.8) is 0 Å². The molecule has 120 valence electrons. The van der Waals surface area contributed by atoms with Gasteiger partial charge in [-0.05, 0) is 12.8 Å². The van der Waals surface area contributed by atoms with E-state index in [2.05, 4.69) is 4.52 Å². The Morgan fingerprint density at radius 3 is 1.80 bits per heavy atom. The number of rotatable bonds is 13. The number of unbranched alkanes of at least 4 members (excludes halogenated alkanes) is 8. The Hall–Kier alpha value is -0.460. The van der Waals surface area contributed by atoms with Gasteiger partial charge in [0.15, 0.2) is 0 Å². The molecule has 0 saturated carbocycles. The number of phosphoric ester groups is 1. The fraction of sp³-hybridized carbons (Fsp3) is 0.917. The number of carbonyl (C=O) groups is 1. The lowest BCUT2D eigenvalue weighted by molar-refractivity contribution is -0.129. The fourth-order valence-electron chi connectivity index (χ4n) is 1.86. The smallest absolute Gasteiger partial charge is 0.303 e. The van der Waals surface area contributed by atoms with Crippen molar-refractivity contribution >= 4 is 13.7 Å². The molecular formula is C12H26NO6P. The molecule has 0 heterocycles. The molecule has 0 aromatic carbocycles. The number of hydrogen-bond acceptors (Lipinski definition) is 4. The zero-order valence-corrected chi connectivity index (χ0v) is 12.7. The third-order valence-corrected chi connectivity index (χ3v) is 3.45. The molecule has 0 bridgehead atoms. The Kier molecular flexibility index (Phi) is 12.0. The minimum Gasteiger partial charge on any atom is -0.303 e. The minimum atomic E-state index is -4.30. The standard InChI is InChI=1S/C12H26NO6P/c14-12(13-15)10-8-6-4-2-1-3-5-7-9-11-19-20(16,17)18/h15H,1-11H2,(H,13,14)(H2,16,17,18). The maximum absolute atomic E-state index is 10.7. The highest BCUT2D eigenvalue weighted by molar-refractivity contribution is 7.46. The van der Waals surface area contributed by atoms with Crippen LogP contribution in [0.1, 0.15) is 64.2 Å². The van der Waals surface area contributed by atoms with Gasteiger partial charge in [0.25, 0.3) is 0 Å². The van der Waals surface area contributed by atoms with E-state index in [9.17, 15) is 9.36 Å². The van der Waals surface area contributed by atoms with Crippen LogP contribution in [0.25, 0.3) is 0 Å². The molecule has 4 N–H and O–H groups in total. The fourth-order valence-corrected chi connectivity index (χ4v) is 2.23. The molecule has 0 unspecified atom stereocenters. The third kappa shape index (κ3) is 15.6. The molecular weight excluding hydrogens is 285 g/mol. The molecule has 0 atom stereocenters. The van der Waals surface area contributed by atoms with Crippen LogP contribution in [0.2, 0.25) is 0 Å². The van der Waals surface area contributed by atoms with Gasteiger partial charge in [0, 0.05) is 6.42 Å². The lowest BCUT2D eigenvalue weighted by atomic mass is 10.1. The highest BCUT2D eigenvalue weighted by atomic mass is 31.2. The van der Waals surface area contributed by atoms with Crippen molar-refractivity contribution in [1.29, 1.82) is 0 Å². The van der Waals surface area contributed by atoms with E-state index in [1.807, 2.05) is 0 Å². The Bertz CT molecular complexity index is 294. The molecule has 0 fully saturated rings. The van der Waals surface area contributed by atoms with E-state index in [4.69, 9.17) is 15.0 Å². The molecule has 20 heavy (non-hydrogen) atoms. The Labute approximate surface area is 119 Å². The van der Waals surface area contributed by atoms with Crippen LogP contribution in [0, 0.1) is 0 Å². The van der Waals surface area contributed by atoms with Gasteiger partial charge in [-0.2, -0.15) is 0 Å². The lowest BCUT2D eigenvalue weighted by Gasteiger charge is -2.05. The number of hydroxylamine groups is 1. The van der Waals surface area contributed by atoms with Crippen LogP contribution in [0.3, 0.4) is 0 Å². The van der Waals surface area contributed by atoms with E-state index in [0.717, 1.165) is 51.4 Å². The first-order chi connectivity index (χ1) is 9.45. The first-order valence-corrected chi connectivity index (χ1v) is 8.62. The topological polar surface area (TPSA) is 116 Å². The predicted molar refractivity (Wildman–Crippen MR) is 74.1 cm³/mol. The summed E-state index contributed by atoms with van der Waals surface area (Å²) < 4.78 is 14.7. The van der Waals surface area contributed by atoms with Crippen LogP contribution in [0.15, 0.2) is 0 Å². The van der Waals surface area contributed by atoms with E-state index in [1.54, 1.807) is 5.48 Å². The van der Waals surface area contributed by atoms with E-state index in [0.29, 0.717) is 12.8 Å². The van der Waals surface area contributed by atoms with Crippen molar-refractivity contribution in [3.8, 4) is 0 Å². The van der Waals surface area contributed by atoms with Gasteiger partial charge in [-0.1, -0.05) is 44.9 Å². The molecule has 1 amide bonds. The minimum absolute atomic E-state index is 0.108. The van der Waals surface area contributed by atoms with Crippen molar-refractivity contribution in [2.75, 3.05) is 6.61 Å². The lowest BCUT2D eigenvalue weighted by Crippen LogP contribution is -2.17. The number of nitrogens with one attached hydrogen (secondary N) is 1. The van der Waals surface area contributed by atoms with E-state index in [-0.39, 0.29) is 12.5 Å². The summed E-state index contributed by atoms with van der Waals surface area (Å²) in [5.41, 5.74) is 1.61. The van der Waals surface area contributed by atoms with Gasteiger partial charge in [-0.25, -0.2) is 10.0 Å². The van der Waals surface area contributed by atoms with Crippen LogP contribution in [-0.4, -0.2) is 27.5 Å². The molecule has 7 nitrogen and oxygen atoms in total. The van der Waals surface area contributed by atoms with Crippen molar-refractivity contribution in [1.82, 2.24) is 5.48 Å². The molecule has 0 aliphatic rings. The molecule has 0 aromatic heterocycles. The van der Waals surface area contributed by atoms with Gasteiger partial charge in [-0.3, -0.25) is 14.5 Å². The van der Waals surface area contributed by atoms with Gasteiger partial charge < -0.3 is 9.79 Å². The Morgan fingerprint density at radius 1 is 0.900 bits per heavy atom. The van der Waals surface area contributed by atoms with E-state index >= 15 is 0 Å². The van der Waals surface area contributed by atoms with Crippen LogP contribution >= 0.6 is 7.82 Å². The van der Waals surface area contributed by atoms with Crippen molar-refractivity contribution in [2.45, 2.75) is 64.2 Å². The monoisotopic (exact) mass is 311 g/mol. The highest BCUT2D eigenvalue weighted by Gasteiger charge is 2.12. The van der Waals surface area contributed by atoms with Gasteiger partial charge in [0.2, 0.25) is 5.91 Å². The predicted octanol–water partition coefficient (Wildman–Crippen LogP) is 2.50. The van der Waals surface area contributed by atoms with Crippen LogP contribution in [-0.2, 0) is 13.9 Å². The number of hydrogen-bond donors (Lipinski definition) is 4. The molecule has 0 aliphatic heterocycles. The number of amides is 1. The van der Waals surface area contributed by atoms with Crippen LogP contribution in [0.4, 0.5) is 0 Å². The van der Waals surface area contributed by atoms with Crippen molar-refractivity contribution in [3.05, 3.63) is 0 Å². The first kappa shape index (κ1) is 19.5. The van der Waals surface area contributed by atoms with Gasteiger partial charge in [0.05, 0.1) is 6.61 Å². The molecule has 0 aromatic rings. The van der Waals surface area contributed by atoms with Crippen LogP contribution in [0.5, 0.6) is 0 Å². The second-order valence-corrected chi connectivity index (χ2v) is 6.03. The summed E-state index contributed by atoms with van der Waals surface area (Å²) in [6, 6.07) is 0. The maximum atomic E-state index is 10.7. The van der Waals surface area contributed by atoms with E-state index < -0.39 is 7.82 Å². The molecule has 0 radical (unpaired) electrons. The average Bonchev–Trinajstić information content (AvgIpc) is 2.38. The molecule has 0 rings (SSSR count). The van der Waals surface area contributed by atoms with Crippen molar-refractivity contribution < 1.29 is 28.9 Å². The summed E-state index contributed by atoms with van der Waals surface area (Å²) in [5, 5.41) is 8.29. The van der Waals surface area contributed by atoms with Gasteiger partial charge in [-0.15, -0.1) is 0 Å². The molecule has 0 aliphatic carbocycles. The maximum Gasteiger partial charge on any atom is 0.469 e. The average molecular weight is 311 g/mol. The Balaban J connectivity index is 3.10. The van der Waals surface area contributed by atoms with Gasteiger partial charge in [0.1, 0.15) is 0 Å². The number of phosphoric acid groups is 1. The summed E-state index contributed by atoms with van der Waals surface area (Å²) in [6.45, 7) is 0.108.